The number of hydrogen-bond acceptors (Lipinski definition) is 5. The molecule has 0 atom stereocenters. The maximum atomic E-state index is 12.8. The molecular weight excluding hydrogens is 438 g/mol. The third-order valence-electron chi connectivity index (χ3n) is 4.92. The predicted octanol–water partition coefficient (Wildman–Crippen LogP) is 2.62. The molecule has 0 aliphatic heterocycles. The lowest BCUT2D eigenvalue weighted by molar-refractivity contribution is -0.116. The maximum absolute atomic E-state index is 12.8. The zero-order chi connectivity index (χ0) is 23.6. The fourth-order valence-corrected chi connectivity index (χ4v) is 5.00. The Kier molecular flexibility index (Phi) is 7.51. The quantitative estimate of drug-likeness (QED) is 0.620. The van der Waals surface area contributed by atoms with Gasteiger partial charge in [-0.05, 0) is 56.5 Å². The van der Waals surface area contributed by atoms with E-state index in [1.54, 1.807) is 19.9 Å². The van der Waals surface area contributed by atoms with Crippen LogP contribution in [0.15, 0.2) is 35.2 Å². The summed E-state index contributed by atoms with van der Waals surface area (Å²) in [7, 11) is -6.13. The van der Waals surface area contributed by atoms with E-state index in [0.717, 1.165) is 21.7 Å². The first-order valence-corrected chi connectivity index (χ1v) is 13.0. The first-order chi connectivity index (χ1) is 14.2. The van der Waals surface area contributed by atoms with Gasteiger partial charge in [0.15, 0.2) is 0 Å². The van der Waals surface area contributed by atoms with Gasteiger partial charge >= 0.3 is 0 Å². The summed E-state index contributed by atoms with van der Waals surface area (Å²) in [5.74, 6) is -0.312. The van der Waals surface area contributed by atoms with E-state index in [1.165, 1.54) is 13.1 Å². The monoisotopic (exact) mass is 467 g/mol. The predicted molar refractivity (Wildman–Crippen MR) is 124 cm³/mol. The molecule has 170 valence electrons. The summed E-state index contributed by atoms with van der Waals surface area (Å²) in [6, 6.07) is 8.60. The molecule has 2 aromatic carbocycles. The molecule has 2 rings (SSSR count). The van der Waals surface area contributed by atoms with Gasteiger partial charge in [-0.25, -0.2) is 21.6 Å². The molecule has 31 heavy (non-hydrogen) atoms. The number of amides is 1. The molecule has 0 heterocycles. The van der Waals surface area contributed by atoms with Crippen molar-refractivity contribution in [1.29, 1.82) is 0 Å². The lowest BCUT2D eigenvalue weighted by Crippen LogP contribution is -2.29. The Balaban J connectivity index is 2.13. The minimum atomic E-state index is -3.94. The standard InChI is InChI=1S/C21H29N3O5S2/c1-14-7-8-18(15(2)11-14)23-21(25)9-10-22-31(28,29)20-13-19(16(3)12-17(20)4)24(5)30(6,26)27/h7-8,11-13,22H,9-10H2,1-6H3,(H,23,25). The van der Waals surface area contributed by atoms with Crippen LogP contribution in [0, 0.1) is 27.7 Å². The largest absolute Gasteiger partial charge is 0.326 e. The third-order valence-corrected chi connectivity index (χ3v) is 7.71. The average molecular weight is 468 g/mol. The van der Waals surface area contributed by atoms with Crippen molar-refractivity contribution in [3.63, 3.8) is 0 Å². The highest BCUT2D eigenvalue weighted by atomic mass is 32.2. The van der Waals surface area contributed by atoms with Gasteiger partial charge in [0.25, 0.3) is 0 Å². The number of carbonyl (C=O) groups excluding carboxylic acids is 1. The van der Waals surface area contributed by atoms with Gasteiger partial charge in [-0.15, -0.1) is 0 Å². The highest BCUT2D eigenvalue weighted by Gasteiger charge is 2.22. The Hall–Kier alpha value is -2.43. The molecule has 8 nitrogen and oxygen atoms in total. The van der Waals surface area contributed by atoms with Crippen molar-refractivity contribution in [3.05, 3.63) is 52.6 Å². The van der Waals surface area contributed by atoms with E-state index >= 15 is 0 Å². The molecule has 0 bridgehead atoms. The zero-order valence-electron chi connectivity index (χ0n) is 18.6. The second-order valence-corrected chi connectivity index (χ2v) is 11.4. The minimum absolute atomic E-state index is 0.0293. The van der Waals surface area contributed by atoms with E-state index < -0.39 is 20.0 Å². The van der Waals surface area contributed by atoms with Gasteiger partial charge in [0.05, 0.1) is 16.8 Å². The summed E-state index contributed by atoms with van der Waals surface area (Å²) in [5, 5.41) is 2.78. The second-order valence-electron chi connectivity index (χ2n) is 7.65. The molecule has 2 aromatic rings. The van der Waals surface area contributed by atoms with Crippen molar-refractivity contribution >= 4 is 37.3 Å². The van der Waals surface area contributed by atoms with Crippen molar-refractivity contribution in [2.75, 3.05) is 29.5 Å². The van der Waals surface area contributed by atoms with Crippen molar-refractivity contribution < 1.29 is 21.6 Å². The van der Waals surface area contributed by atoms with Crippen LogP contribution in [-0.2, 0) is 24.8 Å². The number of hydrogen-bond donors (Lipinski definition) is 2. The zero-order valence-corrected chi connectivity index (χ0v) is 20.2. The number of nitrogens with one attached hydrogen (secondary N) is 2. The van der Waals surface area contributed by atoms with Gasteiger partial charge in [0, 0.05) is 25.7 Å². The molecule has 0 saturated heterocycles. The number of nitrogens with zero attached hydrogens (tertiary/aromatic N) is 1. The van der Waals surface area contributed by atoms with Gasteiger partial charge in [0.2, 0.25) is 26.0 Å². The smallest absolute Gasteiger partial charge is 0.240 e. The van der Waals surface area contributed by atoms with Crippen LogP contribution in [0.4, 0.5) is 11.4 Å². The Morgan fingerprint density at radius 1 is 0.935 bits per heavy atom. The van der Waals surface area contributed by atoms with Crippen molar-refractivity contribution in [2.24, 2.45) is 0 Å². The normalized spacial score (nSPS) is 11.9. The molecular formula is C21H29N3O5S2. The summed E-state index contributed by atoms with van der Waals surface area (Å²) in [6.45, 7) is 7.10. The first kappa shape index (κ1) is 24.8. The van der Waals surface area contributed by atoms with Crippen LogP contribution in [0.3, 0.4) is 0 Å². The van der Waals surface area contributed by atoms with E-state index in [-0.39, 0.29) is 29.5 Å². The van der Waals surface area contributed by atoms with Crippen LogP contribution in [0.5, 0.6) is 0 Å². The van der Waals surface area contributed by atoms with Crippen LogP contribution in [-0.4, -0.2) is 42.6 Å². The van der Waals surface area contributed by atoms with Crippen molar-refractivity contribution in [2.45, 2.75) is 39.0 Å². The van der Waals surface area contributed by atoms with Gasteiger partial charge in [-0.1, -0.05) is 23.8 Å². The van der Waals surface area contributed by atoms with Gasteiger partial charge in [-0.3, -0.25) is 9.10 Å². The summed E-state index contributed by atoms with van der Waals surface area (Å²) in [6.07, 6.45) is 1.00. The number of carbonyl (C=O) groups is 1. The Bertz CT molecular complexity index is 1210. The van der Waals surface area contributed by atoms with Crippen LogP contribution in [0.25, 0.3) is 0 Å². The van der Waals surface area contributed by atoms with Crippen LogP contribution < -0.4 is 14.3 Å². The van der Waals surface area contributed by atoms with E-state index in [0.29, 0.717) is 16.8 Å². The van der Waals surface area contributed by atoms with Crippen molar-refractivity contribution in [1.82, 2.24) is 4.72 Å². The van der Waals surface area contributed by atoms with E-state index in [1.807, 2.05) is 32.0 Å². The highest BCUT2D eigenvalue weighted by Crippen LogP contribution is 2.28. The maximum Gasteiger partial charge on any atom is 0.240 e. The van der Waals surface area contributed by atoms with Crippen LogP contribution in [0.1, 0.15) is 28.7 Å². The van der Waals surface area contributed by atoms with Gasteiger partial charge in [0.1, 0.15) is 0 Å². The van der Waals surface area contributed by atoms with Gasteiger partial charge < -0.3 is 5.32 Å². The number of benzene rings is 2. The summed E-state index contributed by atoms with van der Waals surface area (Å²) >= 11 is 0. The van der Waals surface area contributed by atoms with Crippen molar-refractivity contribution in [3.8, 4) is 0 Å². The Morgan fingerprint density at radius 3 is 2.16 bits per heavy atom. The fraction of sp³-hybridized carbons (Fsp3) is 0.381. The molecule has 2 N–H and O–H groups in total. The van der Waals surface area contributed by atoms with E-state index in [4.69, 9.17) is 0 Å². The summed E-state index contributed by atoms with van der Waals surface area (Å²) in [5.41, 5.74) is 4.08. The molecule has 0 fully saturated rings. The minimum Gasteiger partial charge on any atom is -0.326 e. The van der Waals surface area contributed by atoms with Crippen LogP contribution in [0.2, 0.25) is 0 Å². The van der Waals surface area contributed by atoms with E-state index in [2.05, 4.69) is 10.0 Å². The summed E-state index contributed by atoms with van der Waals surface area (Å²) in [4.78, 5) is 12.2. The highest BCUT2D eigenvalue weighted by molar-refractivity contribution is 7.92. The Morgan fingerprint density at radius 2 is 1.58 bits per heavy atom. The molecule has 0 saturated carbocycles. The molecule has 0 aromatic heterocycles. The molecule has 1 amide bonds. The lowest BCUT2D eigenvalue weighted by Gasteiger charge is -2.21. The Labute approximate surface area is 184 Å². The lowest BCUT2D eigenvalue weighted by atomic mass is 10.1. The van der Waals surface area contributed by atoms with E-state index in [9.17, 15) is 21.6 Å². The molecule has 0 aliphatic carbocycles. The summed E-state index contributed by atoms with van der Waals surface area (Å²) < 4.78 is 52.9. The number of sulfonamides is 2. The second kappa shape index (κ2) is 9.37. The number of rotatable bonds is 8. The third kappa shape index (κ3) is 6.28. The molecule has 0 spiro atoms. The average Bonchev–Trinajstić information content (AvgIpc) is 2.62. The number of anilines is 2. The van der Waals surface area contributed by atoms with Gasteiger partial charge in [-0.2, -0.15) is 0 Å². The molecule has 10 heteroatoms. The topological polar surface area (TPSA) is 113 Å². The van der Waals surface area contributed by atoms with Crippen LogP contribution >= 0.6 is 0 Å². The molecule has 0 unspecified atom stereocenters. The number of aryl methyl sites for hydroxylation is 4. The molecule has 0 radical (unpaired) electrons. The SMILES string of the molecule is Cc1ccc(NC(=O)CCNS(=O)(=O)c2cc(N(C)S(C)(=O)=O)c(C)cc2C)c(C)c1. The molecule has 0 aliphatic rings. The first-order valence-electron chi connectivity index (χ1n) is 9.64. The fourth-order valence-electron chi connectivity index (χ4n) is 3.17.